The zero-order chi connectivity index (χ0) is 29.8. The first kappa shape index (κ1) is 29.0. The number of nitrogens with zero attached hydrogens (tertiary/aromatic N) is 7. The maximum Gasteiger partial charge on any atom is 0.332 e. The fraction of sp³-hybridized carbons (Fsp3) is 0.357. The molecular weight excluding hydrogens is 550 g/mol. The summed E-state index contributed by atoms with van der Waals surface area (Å²) in [6.45, 7) is 4.24. The average molecular weight is 581 g/mol. The molecule has 0 radical (unpaired) electrons. The molecule has 1 saturated heterocycles. The van der Waals surface area contributed by atoms with Gasteiger partial charge in [-0.2, -0.15) is 0 Å². The van der Waals surface area contributed by atoms with Crippen LogP contribution in [-0.4, -0.2) is 85.9 Å². The van der Waals surface area contributed by atoms with Gasteiger partial charge in [0.15, 0.2) is 28.6 Å². The lowest BCUT2D eigenvalue weighted by molar-refractivity contribution is -0.131. The van der Waals surface area contributed by atoms with E-state index in [0.717, 1.165) is 47.3 Å². The lowest BCUT2D eigenvalue weighted by Gasteiger charge is -2.34. The van der Waals surface area contributed by atoms with Gasteiger partial charge in [-0.3, -0.25) is 23.6 Å². The van der Waals surface area contributed by atoms with Crippen LogP contribution in [0.1, 0.15) is 12.0 Å². The fourth-order valence-electron chi connectivity index (χ4n) is 4.78. The maximum absolute atomic E-state index is 13.7. The third-order valence-corrected chi connectivity index (χ3v) is 7.17. The van der Waals surface area contributed by atoms with Crippen LogP contribution in [0.15, 0.2) is 52.1 Å². The molecule has 220 valence electrons. The average Bonchev–Trinajstić information content (AvgIpc) is 3.02. The number of amides is 1. The molecule has 14 heteroatoms. The van der Waals surface area contributed by atoms with Crippen molar-refractivity contribution in [3.8, 4) is 17.1 Å². The largest absolute Gasteiger partial charge is 0.494 e. The smallest absolute Gasteiger partial charge is 0.332 e. The van der Waals surface area contributed by atoms with Crippen LogP contribution in [0.2, 0.25) is 0 Å². The predicted octanol–water partition coefficient (Wildman–Crippen LogP) is 0.751. The number of nitrogens with two attached hydrogens (primary N) is 1. The first-order valence-corrected chi connectivity index (χ1v) is 13.5. The van der Waals surface area contributed by atoms with Crippen molar-refractivity contribution in [2.75, 3.05) is 45.9 Å². The van der Waals surface area contributed by atoms with Gasteiger partial charge in [0.25, 0.3) is 5.56 Å². The summed E-state index contributed by atoms with van der Waals surface area (Å²) < 4.78 is 35.0. The molecule has 1 aliphatic rings. The van der Waals surface area contributed by atoms with Gasteiger partial charge < -0.3 is 15.4 Å². The van der Waals surface area contributed by atoms with Crippen LogP contribution < -0.4 is 21.7 Å². The van der Waals surface area contributed by atoms with Crippen molar-refractivity contribution < 1.29 is 18.3 Å². The summed E-state index contributed by atoms with van der Waals surface area (Å²) in [4.78, 5) is 45.9. The maximum atomic E-state index is 13.7. The van der Waals surface area contributed by atoms with Crippen molar-refractivity contribution in [2.45, 2.75) is 13.0 Å². The highest BCUT2D eigenvalue weighted by Gasteiger charge is 2.20. The second-order valence-corrected chi connectivity index (χ2v) is 9.94. The van der Waals surface area contributed by atoms with Gasteiger partial charge in [-0.25, -0.2) is 18.6 Å². The van der Waals surface area contributed by atoms with Crippen molar-refractivity contribution in [2.24, 2.45) is 12.8 Å². The van der Waals surface area contributed by atoms with E-state index >= 15 is 0 Å². The topological polar surface area (TPSA) is 141 Å². The molecule has 0 unspecified atom stereocenters. The van der Waals surface area contributed by atoms with Crippen LogP contribution in [0.25, 0.3) is 22.6 Å². The third kappa shape index (κ3) is 6.19. The molecule has 2 aromatic heterocycles. The van der Waals surface area contributed by atoms with Crippen molar-refractivity contribution in [3.63, 3.8) is 0 Å². The lowest BCUT2D eigenvalue weighted by Crippen LogP contribution is -2.50. The molecule has 0 spiro atoms. The molecule has 0 aliphatic carbocycles. The minimum absolute atomic E-state index is 0.0197. The Bertz CT molecular complexity index is 1720. The Kier molecular flexibility index (Phi) is 8.64. The van der Waals surface area contributed by atoms with E-state index in [1.54, 1.807) is 29.2 Å². The number of hydrogen-bond donors (Lipinski definition) is 1. The number of rotatable bonds is 9. The zero-order valence-electron chi connectivity index (χ0n) is 23.0. The number of fused-ring (bicyclic) bond motifs is 1. The molecule has 1 fully saturated rings. The molecule has 0 atom stereocenters. The van der Waals surface area contributed by atoms with Crippen molar-refractivity contribution >= 4 is 17.1 Å². The first-order chi connectivity index (χ1) is 20.2. The minimum atomic E-state index is -1.05. The normalized spacial score (nSPS) is 14.0. The van der Waals surface area contributed by atoms with Crippen molar-refractivity contribution in [1.29, 1.82) is 0 Å². The Hall–Kier alpha value is -4.56. The number of carbonyl (C=O) groups excluding carboxylic acids is 1. The fourth-order valence-corrected chi connectivity index (χ4v) is 4.78. The van der Waals surface area contributed by atoms with E-state index in [4.69, 9.17) is 10.5 Å². The lowest BCUT2D eigenvalue weighted by atomic mass is 10.2. The first-order valence-electron chi connectivity index (χ1n) is 13.5. The van der Waals surface area contributed by atoms with E-state index < -0.39 is 22.9 Å². The summed E-state index contributed by atoms with van der Waals surface area (Å²) in [5.74, 6) is -1.25. The second kappa shape index (κ2) is 12.5. The summed E-state index contributed by atoms with van der Waals surface area (Å²) in [5, 5.41) is 8.23. The number of ether oxygens (including phenoxy) is 1. The Morgan fingerprint density at radius 1 is 1.00 bits per heavy atom. The number of hydrogen-bond acceptors (Lipinski definition) is 9. The SMILES string of the molecule is Cn1c(=O)c2nc(-c3ccc(OCCCN4CCN(C(=O)CN)CC4)cc3)nnc2n(Cc2ccc(F)c(F)c2)c1=O. The molecule has 1 amide bonds. The zero-order valence-corrected chi connectivity index (χ0v) is 23.0. The molecule has 12 nitrogen and oxygen atoms in total. The summed E-state index contributed by atoms with van der Waals surface area (Å²) >= 11 is 0. The van der Waals surface area contributed by atoms with Crippen LogP contribution in [-0.2, 0) is 18.4 Å². The van der Waals surface area contributed by atoms with Gasteiger partial charge in [0.2, 0.25) is 5.91 Å². The molecule has 2 aromatic carbocycles. The van der Waals surface area contributed by atoms with Crippen LogP contribution in [0, 0.1) is 11.6 Å². The van der Waals surface area contributed by atoms with Crippen LogP contribution in [0.4, 0.5) is 8.78 Å². The Balaban J connectivity index is 1.24. The van der Waals surface area contributed by atoms with Gasteiger partial charge in [-0.1, -0.05) is 6.07 Å². The summed E-state index contributed by atoms with van der Waals surface area (Å²) in [6.07, 6.45) is 0.819. The summed E-state index contributed by atoms with van der Waals surface area (Å²) in [6, 6.07) is 10.3. The standard InChI is InChI=1S/C28H30F2N8O4/c1-35-27(40)24-26(38(28(35)41)17-18-3-8-21(29)22(30)15-18)34-33-25(32-24)19-4-6-20(7-5-19)42-14-2-9-36-10-12-37(13-11-36)23(39)16-31/h3-8,15H,2,9-14,16-17,31H2,1H3. The highest BCUT2D eigenvalue weighted by atomic mass is 19.2. The van der Waals surface area contributed by atoms with Gasteiger partial charge in [-0.15, -0.1) is 10.2 Å². The molecular formula is C28H30F2N8O4. The van der Waals surface area contributed by atoms with E-state index in [2.05, 4.69) is 20.1 Å². The number of carbonyl (C=O) groups is 1. The van der Waals surface area contributed by atoms with Gasteiger partial charge in [0.05, 0.1) is 19.7 Å². The van der Waals surface area contributed by atoms with Gasteiger partial charge in [0.1, 0.15) is 5.75 Å². The van der Waals surface area contributed by atoms with E-state index in [1.165, 1.54) is 13.1 Å². The third-order valence-electron chi connectivity index (χ3n) is 7.17. The number of benzene rings is 2. The Morgan fingerprint density at radius 2 is 1.74 bits per heavy atom. The van der Waals surface area contributed by atoms with E-state index in [1.807, 2.05) is 0 Å². The summed E-state index contributed by atoms with van der Waals surface area (Å²) in [7, 11) is 1.31. The minimum Gasteiger partial charge on any atom is -0.494 e. The molecule has 4 aromatic rings. The van der Waals surface area contributed by atoms with Crippen molar-refractivity contribution in [3.05, 3.63) is 80.5 Å². The van der Waals surface area contributed by atoms with Gasteiger partial charge >= 0.3 is 5.69 Å². The molecule has 0 saturated carbocycles. The highest BCUT2D eigenvalue weighted by Crippen LogP contribution is 2.20. The second-order valence-electron chi connectivity index (χ2n) is 9.94. The monoisotopic (exact) mass is 580 g/mol. The number of piperazine rings is 1. The Labute approximate surface area is 239 Å². The highest BCUT2D eigenvalue weighted by molar-refractivity contribution is 5.78. The van der Waals surface area contributed by atoms with Gasteiger partial charge in [0, 0.05) is 45.3 Å². The van der Waals surface area contributed by atoms with Crippen LogP contribution in [0.3, 0.4) is 0 Å². The number of aromatic nitrogens is 5. The molecule has 42 heavy (non-hydrogen) atoms. The van der Waals surface area contributed by atoms with Gasteiger partial charge in [-0.05, 0) is 48.4 Å². The molecule has 3 heterocycles. The van der Waals surface area contributed by atoms with Crippen molar-refractivity contribution in [1.82, 2.24) is 34.1 Å². The van der Waals surface area contributed by atoms with Crippen LogP contribution in [0.5, 0.6) is 5.75 Å². The molecule has 5 rings (SSSR count). The molecule has 1 aliphatic heterocycles. The molecule has 2 N–H and O–H groups in total. The van der Waals surface area contributed by atoms with Crippen LogP contribution >= 0.6 is 0 Å². The Morgan fingerprint density at radius 3 is 2.43 bits per heavy atom. The predicted molar refractivity (Wildman–Crippen MR) is 150 cm³/mol. The van der Waals surface area contributed by atoms with E-state index in [-0.39, 0.29) is 36.0 Å². The molecule has 0 bridgehead atoms. The number of halogens is 2. The quantitative estimate of drug-likeness (QED) is 0.284. The summed E-state index contributed by atoms with van der Waals surface area (Å²) in [5.41, 5.74) is 4.83. The van der Waals surface area contributed by atoms with E-state index in [0.29, 0.717) is 36.6 Å². The van der Waals surface area contributed by atoms with E-state index in [9.17, 15) is 23.2 Å².